The number of pyridine rings is 1. The Balaban J connectivity index is 1.28. The van der Waals surface area contributed by atoms with Crippen molar-refractivity contribution in [3.05, 3.63) is 78.6 Å². The molecule has 0 unspecified atom stereocenters. The number of hydrogen-bond donors (Lipinski definition) is 2. The topological polar surface area (TPSA) is 106 Å². The number of carbonyl (C=O) groups excluding carboxylic acids is 1. The van der Waals surface area contributed by atoms with E-state index in [-0.39, 0.29) is 5.91 Å². The summed E-state index contributed by atoms with van der Waals surface area (Å²) in [6.45, 7) is 0. The first-order valence-electron chi connectivity index (χ1n) is 10.5. The normalized spacial score (nSPS) is 10.9. The summed E-state index contributed by atoms with van der Waals surface area (Å²) in [5, 5.41) is 10.1. The molecule has 3 aromatic heterocycles. The fourth-order valence-corrected chi connectivity index (χ4v) is 3.65. The number of benzene rings is 2. The third-order valence-electron chi connectivity index (χ3n) is 5.31. The van der Waals surface area contributed by atoms with Gasteiger partial charge in [-0.2, -0.15) is 10.1 Å². The smallest absolute Gasteiger partial charge is 0.232 e. The molecule has 0 aliphatic rings. The Labute approximate surface area is 189 Å². The van der Waals surface area contributed by atoms with Gasteiger partial charge in [-0.15, -0.1) is 0 Å². The predicted molar refractivity (Wildman–Crippen MR) is 125 cm³/mol. The van der Waals surface area contributed by atoms with Crippen LogP contribution < -0.4 is 10.1 Å². The summed E-state index contributed by atoms with van der Waals surface area (Å²) < 4.78 is 11.2. The van der Waals surface area contributed by atoms with E-state index in [4.69, 9.17) is 9.15 Å². The number of nitrogens with zero attached hydrogens (tertiary/aromatic N) is 3. The lowest BCUT2D eigenvalue weighted by Gasteiger charge is -2.09. The van der Waals surface area contributed by atoms with Crippen LogP contribution >= 0.6 is 0 Å². The van der Waals surface area contributed by atoms with Gasteiger partial charge in [0, 0.05) is 23.9 Å². The van der Waals surface area contributed by atoms with Crippen molar-refractivity contribution in [3.8, 4) is 28.5 Å². The van der Waals surface area contributed by atoms with E-state index in [1.165, 1.54) is 0 Å². The van der Waals surface area contributed by atoms with Crippen molar-refractivity contribution in [2.45, 2.75) is 12.8 Å². The van der Waals surface area contributed by atoms with Crippen LogP contribution in [0, 0.1) is 0 Å². The number of ether oxygens (including phenoxy) is 1. The van der Waals surface area contributed by atoms with E-state index in [0.29, 0.717) is 30.0 Å². The number of fused-ring (bicyclic) bond motifs is 1. The minimum atomic E-state index is -0.0603. The van der Waals surface area contributed by atoms with Gasteiger partial charge < -0.3 is 14.5 Å². The van der Waals surface area contributed by atoms with Gasteiger partial charge in [-0.3, -0.25) is 9.89 Å². The molecule has 0 aliphatic carbocycles. The van der Waals surface area contributed by atoms with Gasteiger partial charge in [-0.05, 0) is 42.3 Å². The van der Waals surface area contributed by atoms with E-state index >= 15 is 0 Å². The molecule has 33 heavy (non-hydrogen) atoms. The molecule has 2 aromatic carbocycles. The van der Waals surface area contributed by atoms with Crippen LogP contribution in [-0.2, 0) is 11.2 Å². The highest BCUT2D eigenvalue weighted by Crippen LogP contribution is 2.31. The molecule has 164 valence electrons. The van der Waals surface area contributed by atoms with Crippen molar-refractivity contribution in [3.63, 3.8) is 0 Å². The van der Waals surface area contributed by atoms with E-state index in [1.807, 2.05) is 54.6 Å². The maximum Gasteiger partial charge on any atom is 0.232 e. The van der Waals surface area contributed by atoms with E-state index in [1.54, 1.807) is 25.6 Å². The summed E-state index contributed by atoms with van der Waals surface area (Å²) in [5.41, 5.74) is 5.29. The zero-order chi connectivity index (χ0) is 22.6. The van der Waals surface area contributed by atoms with Gasteiger partial charge in [-0.25, -0.2) is 4.98 Å². The minimum Gasteiger partial charge on any atom is -0.496 e. The molecule has 2 N–H and O–H groups in total. The summed E-state index contributed by atoms with van der Waals surface area (Å²) in [6.07, 6.45) is 4.31. The molecule has 8 heteroatoms. The fourth-order valence-electron chi connectivity index (χ4n) is 3.65. The van der Waals surface area contributed by atoms with Crippen LogP contribution in [0.15, 0.2) is 77.5 Å². The Bertz CT molecular complexity index is 1370. The largest absolute Gasteiger partial charge is 0.496 e. The highest BCUT2D eigenvalue weighted by molar-refractivity contribution is 5.91. The van der Waals surface area contributed by atoms with Crippen molar-refractivity contribution in [1.29, 1.82) is 0 Å². The molecule has 0 atom stereocenters. The lowest BCUT2D eigenvalue weighted by molar-refractivity contribution is -0.116. The third-order valence-corrected chi connectivity index (χ3v) is 5.31. The fraction of sp³-hybridized carbons (Fsp3) is 0.120. The highest BCUT2D eigenvalue weighted by atomic mass is 16.5. The summed E-state index contributed by atoms with van der Waals surface area (Å²) >= 11 is 0. The minimum absolute atomic E-state index is 0.0603. The second kappa shape index (κ2) is 8.96. The Morgan fingerprint density at radius 3 is 2.76 bits per heavy atom. The van der Waals surface area contributed by atoms with E-state index < -0.39 is 0 Å². The summed E-state index contributed by atoms with van der Waals surface area (Å²) in [6, 6.07) is 18.9. The van der Waals surface area contributed by atoms with Crippen molar-refractivity contribution >= 4 is 22.8 Å². The molecule has 0 aliphatic heterocycles. The zero-order valence-electron chi connectivity index (χ0n) is 17.9. The van der Waals surface area contributed by atoms with Gasteiger partial charge in [0.1, 0.15) is 5.75 Å². The Morgan fingerprint density at radius 1 is 1.09 bits per heavy atom. The molecule has 0 bridgehead atoms. The third kappa shape index (κ3) is 4.31. The van der Waals surface area contributed by atoms with Crippen molar-refractivity contribution in [2.75, 3.05) is 12.4 Å². The number of rotatable bonds is 7. The number of para-hydroxylation sites is 1. The van der Waals surface area contributed by atoms with Gasteiger partial charge in [-0.1, -0.05) is 30.3 Å². The van der Waals surface area contributed by atoms with Crippen LogP contribution in [0.4, 0.5) is 5.69 Å². The number of nitrogens with one attached hydrogen (secondary N) is 2. The molecular weight excluding hydrogens is 418 g/mol. The van der Waals surface area contributed by atoms with Crippen molar-refractivity contribution < 1.29 is 13.9 Å². The first kappa shape index (κ1) is 20.4. The summed E-state index contributed by atoms with van der Waals surface area (Å²) in [5.74, 6) is 1.18. The standard InChI is InChI=1S/C25H21N5O3/c1-32-20-6-3-2-5-16(20)10-13-22(31)28-18-11-8-17(9-12-18)23-19(15-27-30-23)25-29-24-21(33-25)7-4-14-26-24/h2-9,11-12,14-15H,10,13H2,1H3,(H,27,30)(H,28,31). The molecule has 0 saturated carbocycles. The van der Waals surface area contributed by atoms with Crippen LogP contribution in [-0.4, -0.2) is 33.2 Å². The second-order valence-electron chi connectivity index (χ2n) is 7.44. The number of aryl methyl sites for hydroxylation is 1. The van der Waals surface area contributed by atoms with Crippen LogP contribution in [0.1, 0.15) is 12.0 Å². The molecule has 0 saturated heterocycles. The van der Waals surface area contributed by atoms with E-state index in [0.717, 1.165) is 33.8 Å². The maximum absolute atomic E-state index is 12.4. The molecular formula is C25H21N5O3. The van der Waals surface area contributed by atoms with Gasteiger partial charge in [0.2, 0.25) is 11.8 Å². The zero-order valence-corrected chi connectivity index (χ0v) is 17.9. The molecule has 0 radical (unpaired) electrons. The number of aromatic nitrogens is 4. The summed E-state index contributed by atoms with van der Waals surface area (Å²) in [7, 11) is 1.63. The molecule has 1 amide bonds. The number of oxazole rings is 1. The van der Waals surface area contributed by atoms with Crippen LogP contribution in [0.5, 0.6) is 5.75 Å². The van der Waals surface area contributed by atoms with Gasteiger partial charge in [0.15, 0.2) is 11.2 Å². The number of aromatic amines is 1. The van der Waals surface area contributed by atoms with Gasteiger partial charge >= 0.3 is 0 Å². The van der Waals surface area contributed by atoms with Crippen molar-refractivity contribution in [1.82, 2.24) is 20.2 Å². The Kier molecular flexibility index (Phi) is 5.55. The van der Waals surface area contributed by atoms with Crippen LogP contribution in [0.25, 0.3) is 33.9 Å². The first-order valence-corrected chi connectivity index (χ1v) is 10.5. The number of hydrogen-bond acceptors (Lipinski definition) is 6. The quantitative estimate of drug-likeness (QED) is 0.375. The second-order valence-corrected chi connectivity index (χ2v) is 7.44. The first-order chi connectivity index (χ1) is 16.2. The lowest BCUT2D eigenvalue weighted by Crippen LogP contribution is -2.12. The van der Waals surface area contributed by atoms with Crippen LogP contribution in [0.2, 0.25) is 0 Å². The Hall–Kier alpha value is -4.46. The number of carbonyl (C=O) groups is 1. The molecule has 5 rings (SSSR count). The van der Waals surface area contributed by atoms with E-state index in [2.05, 4.69) is 25.5 Å². The molecule has 0 spiro atoms. The predicted octanol–water partition coefficient (Wildman–Crippen LogP) is 4.86. The van der Waals surface area contributed by atoms with Crippen LogP contribution in [0.3, 0.4) is 0 Å². The molecule has 0 fully saturated rings. The van der Waals surface area contributed by atoms with Gasteiger partial charge in [0.25, 0.3) is 0 Å². The van der Waals surface area contributed by atoms with Crippen molar-refractivity contribution in [2.24, 2.45) is 0 Å². The van der Waals surface area contributed by atoms with Gasteiger partial charge in [0.05, 0.1) is 24.6 Å². The van der Waals surface area contributed by atoms with E-state index in [9.17, 15) is 4.79 Å². The summed E-state index contributed by atoms with van der Waals surface area (Å²) in [4.78, 5) is 21.1. The molecule has 8 nitrogen and oxygen atoms in total. The lowest BCUT2D eigenvalue weighted by atomic mass is 10.1. The molecule has 5 aromatic rings. The average molecular weight is 439 g/mol. The maximum atomic E-state index is 12.4. The number of H-pyrrole nitrogens is 1. The Morgan fingerprint density at radius 2 is 1.94 bits per heavy atom. The monoisotopic (exact) mass is 439 g/mol. The SMILES string of the molecule is COc1ccccc1CCC(=O)Nc1ccc(-c2[nH]ncc2-c2nc3ncccc3o2)cc1. The number of anilines is 1. The highest BCUT2D eigenvalue weighted by Gasteiger charge is 2.16. The number of methoxy groups -OCH3 is 1. The number of amides is 1. The average Bonchev–Trinajstić information content (AvgIpc) is 3.50. The molecule has 3 heterocycles.